The van der Waals surface area contributed by atoms with Crippen LogP contribution in [0, 0.1) is 11.8 Å². The van der Waals surface area contributed by atoms with Crippen molar-refractivity contribution in [1.82, 2.24) is 5.32 Å². The van der Waals surface area contributed by atoms with Gasteiger partial charge in [0.1, 0.15) is 0 Å². The normalized spacial score (nSPS) is 13.3. The van der Waals surface area contributed by atoms with Crippen molar-refractivity contribution in [3.8, 4) is 0 Å². The lowest BCUT2D eigenvalue weighted by Crippen LogP contribution is -2.51. The zero-order valence-electron chi connectivity index (χ0n) is 9.90. The lowest BCUT2D eigenvalue weighted by Gasteiger charge is -2.35. The van der Waals surface area contributed by atoms with Crippen molar-refractivity contribution < 1.29 is 8.78 Å². The van der Waals surface area contributed by atoms with Gasteiger partial charge in [-0.2, -0.15) is 0 Å². The topological polar surface area (TPSA) is 12.0 Å². The van der Waals surface area contributed by atoms with E-state index in [-0.39, 0.29) is 11.8 Å². The molecule has 0 bridgehead atoms. The van der Waals surface area contributed by atoms with Gasteiger partial charge < -0.3 is 5.32 Å². The van der Waals surface area contributed by atoms with Crippen LogP contribution in [0.2, 0.25) is 0 Å². The van der Waals surface area contributed by atoms with E-state index in [1.54, 1.807) is 7.05 Å². The summed E-state index contributed by atoms with van der Waals surface area (Å²) in [5.41, 5.74) is -0.998. The molecule has 1 N–H and O–H groups in total. The van der Waals surface area contributed by atoms with Crippen molar-refractivity contribution in [3.05, 3.63) is 0 Å². The first-order valence-electron chi connectivity index (χ1n) is 5.31. The number of alkyl halides is 2. The van der Waals surface area contributed by atoms with Gasteiger partial charge in [0, 0.05) is 0 Å². The Morgan fingerprint density at radius 1 is 1.00 bits per heavy atom. The average Bonchev–Trinajstić information content (AvgIpc) is 2.00. The van der Waals surface area contributed by atoms with Crippen LogP contribution in [0.25, 0.3) is 0 Å². The summed E-state index contributed by atoms with van der Waals surface area (Å²) in [7, 11) is 1.64. The molecular formula is C11H23F2N. The van der Waals surface area contributed by atoms with Crippen molar-refractivity contribution >= 4 is 0 Å². The number of nitrogens with one attached hydrogen (secondary N) is 1. The molecule has 0 heterocycles. The third-order valence-electron chi connectivity index (χ3n) is 2.46. The third kappa shape index (κ3) is 3.91. The molecule has 0 unspecified atom stereocenters. The zero-order chi connectivity index (χ0) is 11.4. The van der Waals surface area contributed by atoms with E-state index < -0.39 is 12.0 Å². The molecule has 0 radical (unpaired) electrons. The average molecular weight is 207 g/mol. The van der Waals surface area contributed by atoms with Gasteiger partial charge in [-0.25, -0.2) is 8.78 Å². The fraction of sp³-hybridized carbons (Fsp3) is 1.00. The maximum Gasteiger partial charge on any atom is 0.256 e. The summed E-state index contributed by atoms with van der Waals surface area (Å²) in [5.74, 6) is 0.574. The Morgan fingerprint density at radius 3 is 1.50 bits per heavy atom. The summed E-state index contributed by atoms with van der Waals surface area (Å²) in [6, 6.07) is 0. The van der Waals surface area contributed by atoms with Gasteiger partial charge in [0.15, 0.2) is 0 Å². The molecule has 1 nitrogen and oxygen atoms in total. The van der Waals surface area contributed by atoms with E-state index in [1.165, 1.54) is 0 Å². The van der Waals surface area contributed by atoms with Gasteiger partial charge in [-0.05, 0) is 31.7 Å². The van der Waals surface area contributed by atoms with Crippen molar-refractivity contribution in [2.45, 2.75) is 52.5 Å². The summed E-state index contributed by atoms with van der Waals surface area (Å²) in [6.45, 7) is 7.92. The Morgan fingerprint density at radius 2 is 1.36 bits per heavy atom. The summed E-state index contributed by atoms with van der Waals surface area (Å²) in [4.78, 5) is 0. The largest absolute Gasteiger partial charge is 0.309 e. The highest BCUT2D eigenvalue weighted by Crippen LogP contribution is 2.30. The lowest BCUT2D eigenvalue weighted by molar-refractivity contribution is 0.00877. The SMILES string of the molecule is CNC(CC(C)C)(CC(C)C)C(F)F. The molecule has 3 heteroatoms. The second kappa shape index (κ2) is 5.64. The van der Waals surface area contributed by atoms with Crippen LogP contribution in [-0.4, -0.2) is 19.0 Å². The molecule has 0 atom stereocenters. The van der Waals surface area contributed by atoms with Crippen LogP contribution in [-0.2, 0) is 0 Å². The molecule has 0 saturated carbocycles. The molecule has 0 spiro atoms. The molecule has 86 valence electrons. The van der Waals surface area contributed by atoms with E-state index in [9.17, 15) is 8.78 Å². The van der Waals surface area contributed by atoms with Crippen LogP contribution in [0.1, 0.15) is 40.5 Å². The fourth-order valence-electron chi connectivity index (χ4n) is 2.03. The first-order chi connectivity index (χ1) is 6.34. The number of hydrogen-bond acceptors (Lipinski definition) is 1. The minimum Gasteiger partial charge on any atom is -0.309 e. The van der Waals surface area contributed by atoms with Crippen LogP contribution in [0.5, 0.6) is 0 Å². The van der Waals surface area contributed by atoms with Gasteiger partial charge in [-0.1, -0.05) is 27.7 Å². The molecule has 0 aromatic rings. The van der Waals surface area contributed by atoms with Crippen molar-refractivity contribution in [2.75, 3.05) is 7.05 Å². The van der Waals surface area contributed by atoms with Crippen LogP contribution in [0.3, 0.4) is 0 Å². The minimum atomic E-state index is -2.29. The number of rotatable bonds is 6. The van der Waals surface area contributed by atoms with E-state index in [1.807, 2.05) is 27.7 Å². The Hall–Kier alpha value is -0.180. The highest BCUT2D eigenvalue weighted by atomic mass is 19.3. The van der Waals surface area contributed by atoms with E-state index in [4.69, 9.17) is 0 Å². The fourth-order valence-corrected chi connectivity index (χ4v) is 2.03. The van der Waals surface area contributed by atoms with Gasteiger partial charge in [0.05, 0.1) is 5.54 Å². The quantitative estimate of drug-likeness (QED) is 0.704. The maximum atomic E-state index is 13.0. The van der Waals surface area contributed by atoms with Gasteiger partial charge >= 0.3 is 0 Å². The molecule has 0 aromatic heterocycles. The summed E-state index contributed by atoms with van der Waals surface area (Å²) in [6.07, 6.45) is -1.24. The molecule has 0 aliphatic carbocycles. The molecule has 0 saturated heterocycles. The predicted octanol–water partition coefficient (Wildman–Crippen LogP) is 3.30. The summed E-state index contributed by atoms with van der Waals surface area (Å²) in [5, 5.41) is 2.83. The molecule has 0 fully saturated rings. The van der Waals surface area contributed by atoms with Gasteiger partial charge in [0.25, 0.3) is 6.43 Å². The van der Waals surface area contributed by atoms with E-state index >= 15 is 0 Å². The van der Waals surface area contributed by atoms with E-state index in [2.05, 4.69) is 5.32 Å². The first-order valence-corrected chi connectivity index (χ1v) is 5.31. The summed E-state index contributed by atoms with van der Waals surface area (Å²) >= 11 is 0. The van der Waals surface area contributed by atoms with Crippen molar-refractivity contribution in [2.24, 2.45) is 11.8 Å². The predicted molar refractivity (Wildman–Crippen MR) is 56.7 cm³/mol. The van der Waals surface area contributed by atoms with Gasteiger partial charge in [-0.3, -0.25) is 0 Å². The maximum absolute atomic E-state index is 13.0. The van der Waals surface area contributed by atoms with Crippen molar-refractivity contribution in [3.63, 3.8) is 0 Å². The lowest BCUT2D eigenvalue weighted by atomic mass is 9.82. The monoisotopic (exact) mass is 207 g/mol. The zero-order valence-corrected chi connectivity index (χ0v) is 9.90. The Bertz CT molecular complexity index is 145. The van der Waals surface area contributed by atoms with Gasteiger partial charge in [-0.15, -0.1) is 0 Å². The second-order valence-electron chi connectivity index (χ2n) is 4.90. The Balaban J connectivity index is 4.60. The van der Waals surface area contributed by atoms with E-state index in [0.717, 1.165) is 0 Å². The number of halogens is 2. The third-order valence-corrected chi connectivity index (χ3v) is 2.46. The molecule has 0 amide bonds. The second-order valence-corrected chi connectivity index (χ2v) is 4.90. The molecule has 0 aliphatic heterocycles. The Kier molecular flexibility index (Phi) is 5.57. The van der Waals surface area contributed by atoms with Crippen LogP contribution in [0.15, 0.2) is 0 Å². The molecular weight excluding hydrogens is 184 g/mol. The smallest absolute Gasteiger partial charge is 0.256 e. The van der Waals surface area contributed by atoms with Crippen molar-refractivity contribution in [1.29, 1.82) is 0 Å². The molecule has 0 aliphatic rings. The van der Waals surface area contributed by atoms with Crippen LogP contribution in [0.4, 0.5) is 8.78 Å². The van der Waals surface area contributed by atoms with E-state index in [0.29, 0.717) is 12.8 Å². The molecule has 0 rings (SSSR count). The first kappa shape index (κ1) is 13.8. The Labute approximate surface area is 86.3 Å². The highest BCUT2D eigenvalue weighted by molar-refractivity contribution is 4.91. The molecule has 14 heavy (non-hydrogen) atoms. The highest BCUT2D eigenvalue weighted by Gasteiger charge is 2.39. The van der Waals surface area contributed by atoms with Gasteiger partial charge in [0.2, 0.25) is 0 Å². The minimum absolute atomic E-state index is 0.287. The number of hydrogen-bond donors (Lipinski definition) is 1. The molecule has 0 aromatic carbocycles. The standard InChI is InChI=1S/C11H23F2N/c1-8(2)6-11(14-5,10(12)13)7-9(3)4/h8-10,14H,6-7H2,1-5H3. The summed E-state index contributed by atoms with van der Waals surface area (Å²) < 4.78 is 26.0. The van der Waals surface area contributed by atoms with Crippen LogP contribution < -0.4 is 5.32 Å². The van der Waals surface area contributed by atoms with Crippen LogP contribution >= 0.6 is 0 Å².